The Morgan fingerprint density at radius 3 is 2.71 bits per heavy atom. The van der Waals surface area contributed by atoms with Crippen molar-refractivity contribution in [3.63, 3.8) is 0 Å². The van der Waals surface area contributed by atoms with E-state index in [9.17, 15) is 9.59 Å². The minimum Gasteiger partial charge on any atom is -0.320 e. The highest BCUT2D eigenvalue weighted by Gasteiger charge is 2.30. The van der Waals surface area contributed by atoms with Gasteiger partial charge in [-0.1, -0.05) is 25.5 Å². The molecule has 1 aliphatic rings. The zero-order valence-electron chi connectivity index (χ0n) is 16.5. The number of carbonyl (C=O) groups excluding carboxylic acids is 2. The number of benzene rings is 2. The van der Waals surface area contributed by atoms with E-state index in [1.54, 1.807) is 10.7 Å². The minimum atomic E-state index is -0.247. The Morgan fingerprint density at radius 2 is 2.00 bits per heavy atom. The van der Waals surface area contributed by atoms with Gasteiger partial charge in [-0.25, -0.2) is 0 Å². The van der Waals surface area contributed by atoms with E-state index in [1.807, 2.05) is 49.1 Å². The van der Waals surface area contributed by atoms with Crippen LogP contribution < -0.4 is 10.2 Å². The van der Waals surface area contributed by atoms with Crippen LogP contribution in [0.25, 0.3) is 10.8 Å². The van der Waals surface area contributed by atoms with Crippen molar-refractivity contribution in [2.24, 2.45) is 0 Å². The summed E-state index contributed by atoms with van der Waals surface area (Å²) in [5.41, 5.74) is 3.66. The molecule has 2 aromatic carbocycles. The lowest BCUT2D eigenvalue weighted by Crippen LogP contribution is -2.27. The third kappa shape index (κ3) is 2.85. The second-order valence-electron chi connectivity index (χ2n) is 7.11. The van der Waals surface area contributed by atoms with Crippen LogP contribution >= 0.6 is 0 Å². The Hall–Kier alpha value is -3.15. The molecule has 2 heterocycles. The van der Waals surface area contributed by atoms with Crippen LogP contribution in [0.1, 0.15) is 53.2 Å². The van der Waals surface area contributed by atoms with E-state index < -0.39 is 0 Å². The number of aryl methyl sites for hydroxylation is 2. The molecule has 1 aromatic heterocycles. The first-order valence-corrected chi connectivity index (χ1v) is 9.78. The molecular weight excluding hydrogens is 352 g/mol. The molecule has 0 saturated carbocycles. The molecule has 0 saturated heterocycles. The van der Waals surface area contributed by atoms with Crippen molar-refractivity contribution in [3.05, 3.63) is 53.3 Å². The van der Waals surface area contributed by atoms with Gasteiger partial charge in [0, 0.05) is 40.8 Å². The Kier molecular flexibility index (Phi) is 4.63. The number of hydrogen-bond acceptors (Lipinski definition) is 3. The summed E-state index contributed by atoms with van der Waals surface area (Å²) in [5.74, 6) is -0.210. The van der Waals surface area contributed by atoms with Crippen molar-refractivity contribution in [3.8, 4) is 0 Å². The van der Waals surface area contributed by atoms with E-state index >= 15 is 0 Å². The van der Waals surface area contributed by atoms with Crippen LogP contribution in [0, 0.1) is 6.92 Å². The largest absolute Gasteiger partial charge is 0.320 e. The van der Waals surface area contributed by atoms with Gasteiger partial charge in [0.1, 0.15) is 0 Å². The van der Waals surface area contributed by atoms with E-state index in [0.29, 0.717) is 23.5 Å². The van der Waals surface area contributed by atoms with Crippen molar-refractivity contribution in [2.45, 2.75) is 40.2 Å². The first kappa shape index (κ1) is 18.2. The molecule has 0 atom stereocenters. The monoisotopic (exact) mass is 376 g/mol. The highest BCUT2D eigenvalue weighted by Crippen LogP contribution is 2.40. The second-order valence-corrected chi connectivity index (χ2v) is 7.11. The maximum absolute atomic E-state index is 12.8. The van der Waals surface area contributed by atoms with E-state index in [2.05, 4.69) is 17.3 Å². The van der Waals surface area contributed by atoms with Gasteiger partial charge in [0.25, 0.3) is 11.8 Å². The zero-order valence-corrected chi connectivity index (χ0v) is 16.5. The average molecular weight is 376 g/mol. The first-order chi connectivity index (χ1) is 13.5. The maximum atomic E-state index is 12.8. The predicted molar refractivity (Wildman–Crippen MR) is 111 cm³/mol. The van der Waals surface area contributed by atoms with E-state index in [-0.39, 0.29) is 11.8 Å². The molecule has 6 heteroatoms. The summed E-state index contributed by atoms with van der Waals surface area (Å²) in [4.78, 5) is 27.4. The van der Waals surface area contributed by atoms with Gasteiger partial charge in [-0.2, -0.15) is 5.10 Å². The lowest BCUT2D eigenvalue weighted by atomic mass is 10.0. The summed E-state index contributed by atoms with van der Waals surface area (Å²) < 4.78 is 1.80. The Labute approximate surface area is 164 Å². The van der Waals surface area contributed by atoms with Gasteiger partial charge in [-0.3, -0.25) is 14.3 Å². The van der Waals surface area contributed by atoms with Crippen LogP contribution in [-0.4, -0.2) is 28.1 Å². The van der Waals surface area contributed by atoms with Crippen LogP contribution in [-0.2, 0) is 6.54 Å². The molecule has 0 fully saturated rings. The third-order valence-electron chi connectivity index (χ3n) is 5.28. The molecule has 1 N–H and O–H groups in total. The number of aromatic nitrogens is 2. The first-order valence-electron chi connectivity index (χ1n) is 9.78. The highest BCUT2D eigenvalue weighted by molar-refractivity contribution is 6.27. The van der Waals surface area contributed by atoms with E-state index in [0.717, 1.165) is 41.5 Å². The number of amides is 2. The Balaban J connectivity index is 1.71. The molecule has 4 rings (SSSR count). The molecule has 28 heavy (non-hydrogen) atoms. The molecule has 0 spiro atoms. The maximum Gasteiger partial charge on any atom is 0.276 e. The van der Waals surface area contributed by atoms with Gasteiger partial charge >= 0.3 is 0 Å². The molecule has 0 bridgehead atoms. The Bertz CT molecular complexity index is 1080. The average Bonchev–Trinajstić information content (AvgIpc) is 3.21. The minimum absolute atomic E-state index is 0.0369. The lowest BCUT2D eigenvalue weighted by molar-refractivity contribution is 0.0990. The number of hydrogen-bond donors (Lipinski definition) is 1. The van der Waals surface area contributed by atoms with Crippen LogP contribution in [0.4, 0.5) is 11.4 Å². The molecule has 0 radical (unpaired) electrons. The van der Waals surface area contributed by atoms with E-state index in [1.165, 1.54) is 0 Å². The topological polar surface area (TPSA) is 67.2 Å². The summed E-state index contributed by atoms with van der Waals surface area (Å²) in [6, 6.07) is 11.3. The van der Waals surface area contributed by atoms with Crippen LogP contribution in [0.5, 0.6) is 0 Å². The number of carbonyl (C=O) groups is 2. The Morgan fingerprint density at radius 1 is 1.18 bits per heavy atom. The number of unbranched alkanes of at least 4 members (excludes halogenated alkanes) is 1. The third-order valence-corrected chi connectivity index (χ3v) is 5.28. The summed E-state index contributed by atoms with van der Waals surface area (Å²) in [5, 5.41) is 9.12. The molecule has 144 valence electrons. The summed E-state index contributed by atoms with van der Waals surface area (Å²) in [6.07, 6.45) is 1.99. The van der Waals surface area contributed by atoms with Crippen LogP contribution in [0.2, 0.25) is 0 Å². The number of anilines is 2. The summed E-state index contributed by atoms with van der Waals surface area (Å²) in [7, 11) is 0. The van der Waals surface area contributed by atoms with Crippen LogP contribution in [0.15, 0.2) is 36.4 Å². The summed E-state index contributed by atoms with van der Waals surface area (Å²) >= 11 is 0. The molecule has 0 aliphatic carbocycles. The molecule has 1 aliphatic heterocycles. The van der Waals surface area contributed by atoms with Gasteiger partial charge in [-0.15, -0.1) is 0 Å². The molecule has 6 nitrogen and oxygen atoms in total. The summed E-state index contributed by atoms with van der Waals surface area (Å²) in [6.45, 7) is 7.47. The number of nitrogens with one attached hydrogen (secondary N) is 1. The lowest BCUT2D eigenvalue weighted by Gasteiger charge is -2.17. The van der Waals surface area contributed by atoms with Crippen molar-refractivity contribution in [2.75, 3.05) is 16.8 Å². The van der Waals surface area contributed by atoms with Crippen molar-refractivity contribution in [1.29, 1.82) is 0 Å². The fourth-order valence-electron chi connectivity index (χ4n) is 3.82. The molecule has 0 unspecified atom stereocenters. The van der Waals surface area contributed by atoms with Crippen molar-refractivity contribution in [1.82, 2.24) is 9.78 Å². The van der Waals surface area contributed by atoms with Crippen LogP contribution in [0.3, 0.4) is 0 Å². The van der Waals surface area contributed by atoms with Gasteiger partial charge in [-0.05, 0) is 44.5 Å². The van der Waals surface area contributed by atoms with E-state index in [4.69, 9.17) is 0 Å². The van der Waals surface area contributed by atoms with Gasteiger partial charge < -0.3 is 10.2 Å². The van der Waals surface area contributed by atoms with Gasteiger partial charge in [0.2, 0.25) is 0 Å². The molecular formula is C22H24N4O2. The normalized spacial score (nSPS) is 12.8. The standard InChI is InChI=1S/C22H24N4O2/c1-4-6-12-25-19-11-10-17(15-8-7-9-16(20(15)19)22(25)28)23-21(27)18-13-14(3)26(5-2)24-18/h7-11,13H,4-6,12H2,1-3H3,(H,23,27). The second kappa shape index (κ2) is 7.11. The predicted octanol–water partition coefficient (Wildman–Crippen LogP) is 4.38. The van der Waals surface area contributed by atoms with Crippen molar-refractivity contribution < 1.29 is 9.59 Å². The SMILES string of the molecule is CCCCN1C(=O)c2cccc3c(NC(=O)c4cc(C)n(CC)n4)ccc1c23. The van der Waals surface area contributed by atoms with Crippen molar-refractivity contribution >= 4 is 34.0 Å². The fraction of sp³-hybridized carbons (Fsp3) is 0.318. The smallest absolute Gasteiger partial charge is 0.276 e. The van der Waals surface area contributed by atoms with Gasteiger partial charge in [0.05, 0.1) is 5.69 Å². The van der Waals surface area contributed by atoms with Gasteiger partial charge in [0.15, 0.2) is 5.69 Å². The highest BCUT2D eigenvalue weighted by atomic mass is 16.2. The quantitative estimate of drug-likeness (QED) is 0.694. The number of rotatable bonds is 6. The number of nitrogens with zero attached hydrogens (tertiary/aromatic N) is 3. The zero-order chi connectivity index (χ0) is 19.8. The fourth-order valence-corrected chi connectivity index (χ4v) is 3.82. The molecule has 2 amide bonds. The molecule has 3 aromatic rings.